The van der Waals surface area contributed by atoms with E-state index in [9.17, 15) is 18.0 Å². The lowest BCUT2D eigenvalue weighted by Crippen LogP contribution is -2.44. The van der Waals surface area contributed by atoms with Crippen LogP contribution in [0.15, 0.2) is 36.4 Å². The first kappa shape index (κ1) is 24.9. The summed E-state index contributed by atoms with van der Waals surface area (Å²) in [5.74, 6) is -0.423. The number of nitrogens with zero attached hydrogens (tertiary/aromatic N) is 2. The molecule has 1 aliphatic rings. The molecule has 170 valence electrons. The number of anilines is 1. The highest BCUT2D eigenvalue weighted by Gasteiger charge is 2.34. The third-order valence-electron chi connectivity index (χ3n) is 5.43. The molecule has 7 heteroatoms. The van der Waals surface area contributed by atoms with Crippen molar-refractivity contribution in [2.24, 2.45) is 0 Å². The monoisotopic (exact) mass is 435 g/mol. The minimum atomic E-state index is -4.48. The van der Waals surface area contributed by atoms with Gasteiger partial charge in [-0.05, 0) is 61.9 Å². The molecule has 31 heavy (non-hydrogen) atoms. The van der Waals surface area contributed by atoms with Gasteiger partial charge in [-0.2, -0.15) is 13.2 Å². The molecule has 1 amide bonds. The zero-order valence-corrected chi connectivity index (χ0v) is 18.9. The molecular formula is C24H32F3N3O. The summed E-state index contributed by atoms with van der Waals surface area (Å²) in [7, 11) is 2.01. The highest BCUT2D eigenvalue weighted by atomic mass is 19.4. The maximum atomic E-state index is 13.7. The summed E-state index contributed by atoms with van der Waals surface area (Å²) in [5.41, 5.74) is 2.09. The van der Waals surface area contributed by atoms with E-state index in [0.29, 0.717) is 5.56 Å². The van der Waals surface area contributed by atoms with Crippen molar-refractivity contribution < 1.29 is 18.0 Å². The number of hydrogen-bond acceptors (Lipinski definition) is 3. The van der Waals surface area contributed by atoms with Crippen LogP contribution < -0.4 is 5.32 Å². The van der Waals surface area contributed by atoms with Crippen LogP contribution >= 0.6 is 0 Å². The second-order valence-corrected chi connectivity index (χ2v) is 7.70. The van der Waals surface area contributed by atoms with Crippen molar-refractivity contribution in [2.45, 2.75) is 40.4 Å². The van der Waals surface area contributed by atoms with Gasteiger partial charge in [-0.15, -0.1) is 0 Å². The fourth-order valence-corrected chi connectivity index (χ4v) is 3.39. The second kappa shape index (κ2) is 10.8. The molecule has 2 aromatic carbocycles. The number of amides is 1. The van der Waals surface area contributed by atoms with Gasteiger partial charge in [-0.3, -0.25) is 9.69 Å². The van der Waals surface area contributed by atoms with E-state index < -0.39 is 17.6 Å². The lowest BCUT2D eigenvalue weighted by atomic mass is 10.0. The van der Waals surface area contributed by atoms with Gasteiger partial charge in [0.05, 0.1) is 5.56 Å². The fraction of sp³-hybridized carbons (Fsp3) is 0.458. The molecule has 0 aliphatic carbocycles. The quantitative estimate of drug-likeness (QED) is 0.703. The van der Waals surface area contributed by atoms with Crippen LogP contribution in [0.25, 0.3) is 0 Å². The van der Waals surface area contributed by atoms with Crippen LogP contribution in [0.5, 0.6) is 0 Å². The first-order valence-electron chi connectivity index (χ1n) is 10.6. The van der Waals surface area contributed by atoms with Crippen LogP contribution in [0, 0.1) is 13.8 Å². The molecule has 0 aromatic heterocycles. The summed E-state index contributed by atoms with van der Waals surface area (Å²) in [5, 5.41) is 2.59. The largest absolute Gasteiger partial charge is 0.416 e. The normalized spacial score (nSPS) is 15.2. The van der Waals surface area contributed by atoms with Gasteiger partial charge in [-0.1, -0.05) is 26.0 Å². The van der Waals surface area contributed by atoms with Gasteiger partial charge < -0.3 is 10.2 Å². The average molecular weight is 436 g/mol. The van der Waals surface area contributed by atoms with Crippen LogP contribution in [-0.2, 0) is 12.7 Å². The third-order valence-corrected chi connectivity index (χ3v) is 5.43. The van der Waals surface area contributed by atoms with Gasteiger partial charge in [0.1, 0.15) is 0 Å². The van der Waals surface area contributed by atoms with Crippen LogP contribution in [0.3, 0.4) is 0 Å². The van der Waals surface area contributed by atoms with E-state index >= 15 is 0 Å². The molecule has 0 saturated carbocycles. The highest BCUT2D eigenvalue weighted by Crippen LogP contribution is 2.34. The van der Waals surface area contributed by atoms with Crippen molar-refractivity contribution >= 4 is 11.6 Å². The number of likely N-dealkylation sites (N-methyl/N-ethyl adjacent to an activating group) is 1. The van der Waals surface area contributed by atoms with Crippen molar-refractivity contribution in [3.63, 3.8) is 0 Å². The van der Waals surface area contributed by atoms with Crippen molar-refractivity contribution in [1.82, 2.24) is 9.80 Å². The van der Waals surface area contributed by atoms with Gasteiger partial charge in [0.15, 0.2) is 0 Å². The van der Waals surface area contributed by atoms with E-state index in [1.807, 2.05) is 45.7 Å². The first-order valence-corrected chi connectivity index (χ1v) is 10.6. The number of piperazine rings is 1. The van der Waals surface area contributed by atoms with Crippen LogP contribution in [0.2, 0.25) is 0 Å². The number of rotatable bonds is 4. The molecule has 4 nitrogen and oxygen atoms in total. The Morgan fingerprint density at radius 1 is 0.968 bits per heavy atom. The number of hydrogen-bond donors (Lipinski definition) is 1. The van der Waals surface area contributed by atoms with E-state index in [2.05, 4.69) is 10.2 Å². The Morgan fingerprint density at radius 3 is 2.19 bits per heavy atom. The van der Waals surface area contributed by atoms with E-state index in [4.69, 9.17) is 0 Å². The Balaban J connectivity index is 0.00000166. The minimum Gasteiger partial charge on any atom is -0.322 e. The minimum absolute atomic E-state index is 0.141. The first-order chi connectivity index (χ1) is 14.6. The third kappa shape index (κ3) is 6.80. The molecule has 0 atom stereocenters. The van der Waals surface area contributed by atoms with Gasteiger partial charge in [-0.25, -0.2) is 0 Å². The van der Waals surface area contributed by atoms with Gasteiger partial charge in [0.2, 0.25) is 0 Å². The Hall–Kier alpha value is -2.38. The van der Waals surface area contributed by atoms with Crippen LogP contribution in [0.1, 0.15) is 46.5 Å². The Labute approximate surface area is 183 Å². The summed E-state index contributed by atoms with van der Waals surface area (Å²) < 4.78 is 41.0. The predicted octanol–water partition coefficient (Wildman–Crippen LogP) is 5.35. The number of carbonyl (C=O) groups excluding carboxylic acids is 1. The number of nitrogens with one attached hydrogen (secondary N) is 1. The molecule has 0 bridgehead atoms. The van der Waals surface area contributed by atoms with Crippen molar-refractivity contribution in [2.75, 3.05) is 38.5 Å². The summed E-state index contributed by atoms with van der Waals surface area (Å²) in [6, 6.07) is 9.27. The topological polar surface area (TPSA) is 35.6 Å². The van der Waals surface area contributed by atoms with Gasteiger partial charge >= 0.3 is 6.18 Å². The SMILES string of the molecule is CC.Cc1ccc(C(=O)Nc2ccc(CN3CCN(C)CC3)c(C(F)(F)F)c2)cc1C. The number of halogens is 3. The highest BCUT2D eigenvalue weighted by molar-refractivity contribution is 6.04. The summed E-state index contributed by atoms with van der Waals surface area (Å²) in [4.78, 5) is 16.7. The zero-order valence-electron chi connectivity index (χ0n) is 18.9. The van der Waals surface area contributed by atoms with Crippen molar-refractivity contribution in [3.8, 4) is 0 Å². The number of benzene rings is 2. The van der Waals surface area contributed by atoms with Crippen LogP contribution in [0.4, 0.5) is 18.9 Å². The molecule has 1 aliphatic heterocycles. The molecule has 0 spiro atoms. The summed E-state index contributed by atoms with van der Waals surface area (Å²) in [6.07, 6.45) is -4.48. The lowest BCUT2D eigenvalue weighted by Gasteiger charge is -2.33. The Kier molecular flexibility index (Phi) is 8.65. The van der Waals surface area contributed by atoms with Gasteiger partial charge in [0.25, 0.3) is 5.91 Å². The van der Waals surface area contributed by atoms with Crippen LogP contribution in [-0.4, -0.2) is 48.9 Å². The van der Waals surface area contributed by atoms with E-state index in [1.165, 1.54) is 6.07 Å². The molecule has 1 N–H and O–H groups in total. The number of aryl methyl sites for hydroxylation is 2. The molecule has 0 unspecified atom stereocenters. The second-order valence-electron chi connectivity index (χ2n) is 7.70. The molecule has 0 radical (unpaired) electrons. The summed E-state index contributed by atoms with van der Waals surface area (Å²) >= 11 is 0. The summed E-state index contributed by atoms with van der Waals surface area (Å²) in [6.45, 7) is 11.2. The van der Waals surface area contributed by atoms with Crippen molar-refractivity contribution in [3.05, 3.63) is 64.2 Å². The molecule has 1 saturated heterocycles. The predicted molar refractivity (Wildman–Crippen MR) is 119 cm³/mol. The number of alkyl halides is 3. The molecule has 1 fully saturated rings. The standard InChI is InChI=1S/C22H26F3N3O.C2H6/c1-15-4-5-17(12-16(15)2)21(29)26-19-7-6-18(20(13-19)22(23,24)25)14-28-10-8-27(3)9-11-28;1-2/h4-7,12-13H,8-11,14H2,1-3H3,(H,26,29);1-2H3. The van der Waals surface area contributed by atoms with E-state index in [0.717, 1.165) is 43.4 Å². The average Bonchev–Trinajstić information content (AvgIpc) is 2.73. The molecule has 1 heterocycles. The van der Waals surface area contributed by atoms with Gasteiger partial charge in [0, 0.05) is 44.0 Å². The Morgan fingerprint density at radius 2 is 1.61 bits per heavy atom. The number of carbonyl (C=O) groups is 1. The fourth-order valence-electron chi connectivity index (χ4n) is 3.39. The van der Waals surface area contributed by atoms with E-state index in [-0.39, 0.29) is 17.8 Å². The molecular weight excluding hydrogens is 403 g/mol. The van der Waals surface area contributed by atoms with Crippen molar-refractivity contribution in [1.29, 1.82) is 0 Å². The maximum Gasteiger partial charge on any atom is 0.416 e. The maximum absolute atomic E-state index is 13.7. The molecule has 2 aromatic rings. The molecule has 3 rings (SSSR count). The van der Waals surface area contributed by atoms with E-state index in [1.54, 1.807) is 18.2 Å². The lowest BCUT2D eigenvalue weighted by molar-refractivity contribution is -0.138. The Bertz CT molecular complexity index is 888. The zero-order chi connectivity index (χ0) is 23.2. The smallest absolute Gasteiger partial charge is 0.322 e.